The largest absolute Gasteiger partial charge is 0.393 e. The van der Waals surface area contributed by atoms with Gasteiger partial charge in [0.1, 0.15) is 0 Å². The molecule has 0 aromatic rings. The minimum Gasteiger partial charge on any atom is -0.393 e. The second-order valence-corrected chi connectivity index (χ2v) is 6.47. The fraction of sp³-hybridized carbons (Fsp3) is 1.00. The molecule has 98 valence electrons. The number of hydrogen-bond donors (Lipinski definition) is 2. The Balaban J connectivity index is 1.65. The Kier molecular flexibility index (Phi) is 3.18. The Labute approximate surface area is 104 Å². The summed E-state index contributed by atoms with van der Waals surface area (Å²) in [5.74, 6) is 0. The average molecular weight is 239 g/mol. The molecule has 1 aliphatic carbocycles. The molecule has 2 heterocycles. The minimum atomic E-state index is -0.429. The number of fused-ring (bicyclic) bond motifs is 2. The Bertz CT molecular complexity index is 261. The highest BCUT2D eigenvalue weighted by Gasteiger charge is 2.43. The minimum absolute atomic E-state index is 0.0928. The van der Waals surface area contributed by atoms with Crippen molar-refractivity contribution in [2.45, 2.75) is 81.6 Å². The second-order valence-electron chi connectivity index (χ2n) is 6.47. The number of rotatable bonds is 2. The standard InChI is InChI=1S/C14H25NO2/c16-13-8-11-4-5-12(9-13)15(11)10-14(17)6-2-1-3-7-14/h11-13,16-17H,1-10H2. The Morgan fingerprint density at radius 1 is 1.00 bits per heavy atom. The molecule has 2 N–H and O–H groups in total. The quantitative estimate of drug-likeness (QED) is 0.770. The van der Waals surface area contributed by atoms with E-state index in [2.05, 4.69) is 4.90 Å². The zero-order valence-electron chi connectivity index (χ0n) is 10.6. The van der Waals surface area contributed by atoms with Crippen molar-refractivity contribution in [1.29, 1.82) is 0 Å². The van der Waals surface area contributed by atoms with Crippen LogP contribution in [0.5, 0.6) is 0 Å². The Hall–Kier alpha value is -0.120. The van der Waals surface area contributed by atoms with E-state index in [1.165, 1.54) is 32.1 Å². The molecule has 17 heavy (non-hydrogen) atoms. The van der Waals surface area contributed by atoms with Crippen LogP contribution in [0, 0.1) is 0 Å². The van der Waals surface area contributed by atoms with Crippen LogP contribution in [0.15, 0.2) is 0 Å². The van der Waals surface area contributed by atoms with Gasteiger partial charge < -0.3 is 10.2 Å². The fourth-order valence-electron chi connectivity index (χ4n) is 4.21. The molecule has 1 saturated carbocycles. The molecular weight excluding hydrogens is 214 g/mol. The molecule has 3 rings (SSSR count). The molecule has 0 amide bonds. The molecule has 3 fully saturated rings. The lowest BCUT2D eigenvalue weighted by atomic mass is 9.83. The van der Waals surface area contributed by atoms with Crippen LogP contribution in [0.2, 0.25) is 0 Å². The molecule has 0 aromatic carbocycles. The van der Waals surface area contributed by atoms with Crippen molar-refractivity contribution in [1.82, 2.24) is 4.90 Å². The van der Waals surface area contributed by atoms with Crippen LogP contribution < -0.4 is 0 Å². The summed E-state index contributed by atoms with van der Waals surface area (Å²) in [6.07, 6.45) is 9.80. The third-order valence-corrected chi connectivity index (χ3v) is 5.12. The molecule has 0 spiro atoms. The zero-order chi connectivity index (χ0) is 11.9. The lowest BCUT2D eigenvalue weighted by molar-refractivity contribution is -0.0586. The van der Waals surface area contributed by atoms with Crippen molar-refractivity contribution in [3.8, 4) is 0 Å². The van der Waals surface area contributed by atoms with Crippen molar-refractivity contribution >= 4 is 0 Å². The van der Waals surface area contributed by atoms with Crippen LogP contribution in [0.25, 0.3) is 0 Å². The van der Waals surface area contributed by atoms with Gasteiger partial charge in [-0.2, -0.15) is 0 Å². The zero-order valence-corrected chi connectivity index (χ0v) is 10.6. The van der Waals surface area contributed by atoms with Gasteiger partial charge >= 0.3 is 0 Å². The summed E-state index contributed by atoms with van der Waals surface area (Å²) in [4.78, 5) is 2.51. The molecule has 2 saturated heterocycles. The normalized spacial score (nSPS) is 41.6. The predicted octanol–water partition coefficient (Wildman–Crippen LogP) is 1.67. The first kappa shape index (κ1) is 11.9. The van der Waals surface area contributed by atoms with Gasteiger partial charge in [-0.1, -0.05) is 19.3 Å². The maximum absolute atomic E-state index is 10.6. The van der Waals surface area contributed by atoms with E-state index in [-0.39, 0.29) is 6.10 Å². The molecule has 0 radical (unpaired) electrons. The van der Waals surface area contributed by atoms with Crippen molar-refractivity contribution in [3.05, 3.63) is 0 Å². The van der Waals surface area contributed by atoms with Crippen LogP contribution in [-0.4, -0.2) is 45.4 Å². The summed E-state index contributed by atoms with van der Waals surface area (Å²) in [5, 5.41) is 20.4. The van der Waals surface area contributed by atoms with E-state index < -0.39 is 5.60 Å². The number of hydrogen-bond acceptors (Lipinski definition) is 3. The second kappa shape index (κ2) is 4.52. The Morgan fingerprint density at radius 3 is 2.18 bits per heavy atom. The van der Waals surface area contributed by atoms with E-state index in [0.29, 0.717) is 12.1 Å². The highest BCUT2D eigenvalue weighted by atomic mass is 16.3. The van der Waals surface area contributed by atoms with E-state index in [1.54, 1.807) is 0 Å². The number of aliphatic hydroxyl groups is 2. The molecule has 2 unspecified atom stereocenters. The average Bonchev–Trinajstić information content (AvgIpc) is 2.54. The van der Waals surface area contributed by atoms with E-state index in [9.17, 15) is 10.2 Å². The molecular formula is C14H25NO2. The van der Waals surface area contributed by atoms with Crippen LogP contribution in [0.4, 0.5) is 0 Å². The topological polar surface area (TPSA) is 43.7 Å². The van der Waals surface area contributed by atoms with Gasteiger partial charge in [-0.05, 0) is 38.5 Å². The van der Waals surface area contributed by atoms with E-state index in [4.69, 9.17) is 0 Å². The summed E-state index contributed by atoms with van der Waals surface area (Å²) in [5.41, 5.74) is -0.429. The number of piperidine rings is 1. The number of nitrogens with zero attached hydrogens (tertiary/aromatic N) is 1. The molecule has 0 aromatic heterocycles. The lowest BCUT2D eigenvalue weighted by Crippen LogP contribution is -2.52. The smallest absolute Gasteiger partial charge is 0.0774 e. The molecule has 2 aliphatic heterocycles. The van der Waals surface area contributed by atoms with Crippen molar-refractivity contribution in [3.63, 3.8) is 0 Å². The van der Waals surface area contributed by atoms with E-state index in [0.717, 1.165) is 32.2 Å². The van der Waals surface area contributed by atoms with Gasteiger partial charge in [0.15, 0.2) is 0 Å². The summed E-state index contributed by atoms with van der Waals surface area (Å²) in [7, 11) is 0. The van der Waals surface area contributed by atoms with Crippen molar-refractivity contribution in [2.24, 2.45) is 0 Å². The molecule has 3 nitrogen and oxygen atoms in total. The number of aliphatic hydroxyl groups excluding tert-OH is 1. The predicted molar refractivity (Wildman–Crippen MR) is 66.8 cm³/mol. The van der Waals surface area contributed by atoms with Crippen molar-refractivity contribution in [2.75, 3.05) is 6.54 Å². The summed E-state index contributed by atoms with van der Waals surface area (Å²) >= 11 is 0. The fourth-order valence-corrected chi connectivity index (χ4v) is 4.21. The first-order chi connectivity index (χ1) is 8.16. The first-order valence-electron chi connectivity index (χ1n) is 7.32. The van der Waals surface area contributed by atoms with Crippen LogP contribution >= 0.6 is 0 Å². The van der Waals surface area contributed by atoms with Crippen LogP contribution in [0.3, 0.4) is 0 Å². The first-order valence-corrected chi connectivity index (χ1v) is 7.32. The van der Waals surface area contributed by atoms with E-state index in [1.807, 2.05) is 0 Å². The van der Waals surface area contributed by atoms with Gasteiger partial charge in [0.05, 0.1) is 11.7 Å². The Morgan fingerprint density at radius 2 is 1.59 bits per heavy atom. The summed E-state index contributed by atoms with van der Waals surface area (Å²) in [6, 6.07) is 1.07. The van der Waals surface area contributed by atoms with E-state index >= 15 is 0 Å². The van der Waals surface area contributed by atoms with Gasteiger partial charge in [0.2, 0.25) is 0 Å². The molecule has 3 aliphatic rings. The maximum atomic E-state index is 10.6. The van der Waals surface area contributed by atoms with Gasteiger partial charge in [0.25, 0.3) is 0 Å². The van der Waals surface area contributed by atoms with Crippen molar-refractivity contribution < 1.29 is 10.2 Å². The van der Waals surface area contributed by atoms with Crippen LogP contribution in [-0.2, 0) is 0 Å². The third kappa shape index (κ3) is 2.38. The summed E-state index contributed by atoms with van der Waals surface area (Å²) in [6.45, 7) is 0.856. The summed E-state index contributed by atoms with van der Waals surface area (Å²) < 4.78 is 0. The van der Waals surface area contributed by atoms with Crippen LogP contribution in [0.1, 0.15) is 57.8 Å². The maximum Gasteiger partial charge on any atom is 0.0774 e. The van der Waals surface area contributed by atoms with Gasteiger partial charge in [-0.25, -0.2) is 0 Å². The lowest BCUT2D eigenvalue weighted by Gasteiger charge is -2.43. The SMILES string of the molecule is OC1CC2CCC(C1)N2CC1(O)CCCCC1. The van der Waals surface area contributed by atoms with Gasteiger partial charge in [0, 0.05) is 18.6 Å². The molecule has 2 bridgehead atoms. The van der Waals surface area contributed by atoms with Gasteiger partial charge in [-0.15, -0.1) is 0 Å². The van der Waals surface area contributed by atoms with Gasteiger partial charge in [-0.3, -0.25) is 4.90 Å². The monoisotopic (exact) mass is 239 g/mol. The molecule has 2 atom stereocenters. The highest BCUT2D eigenvalue weighted by molar-refractivity contribution is 4.98. The third-order valence-electron chi connectivity index (χ3n) is 5.12. The molecule has 3 heteroatoms. The highest BCUT2D eigenvalue weighted by Crippen LogP contribution is 2.39.